The Balaban J connectivity index is 2.17. The second-order valence-electron chi connectivity index (χ2n) is 3.78. The van der Waals surface area contributed by atoms with Gasteiger partial charge in [-0.15, -0.1) is 0 Å². The Kier molecular flexibility index (Phi) is 1.78. The van der Waals surface area contributed by atoms with Crippen molar-refractivity contribution in [3.05, 3.63) is 0 Å². The van der Waals surface area contributed by atoms with Crippen LogP contribution in [0.5, 0.6) is 0 Å². The van der Waals surface area contributed by atoms with E-state index in [4.69, 9.17) is 0 Å². The fourth-order valence-corrected chi connectivity index (χ4v) is 2.45. The minimum absolute atomic E-state index is 0.0135. The molecular formula is C9H13NO3. The normalized spacial score (nSPS) is 35.5. The van der Waals surface area contributed by atoms with Crippen LogP contribution in [-0.2, 0) is 14.3 Å². The molecule has 4 nitrogen and oxygen atoms in total. The molecule has 2 bridgehead atoms. The summed E-state index contributed by atoms with van der Waals surface area (Å²) in [6.07, 6.45) is 1.94. The fraction of sp³-hybridized carbons (Fsp3) is 0.778. The van der Waals surface area contributed by atoms with Crippen LogP contribution < -0.4 is 0 Å². The Morgan fingerprint density at radius 1 is 1.38 bits per heavy atom. The van der Waals surface area contributed by atoms with Gasteiger partial charge in [0, 0.05) is 13.0 Å². The lowest BCUT2D eigenvalue weighted by Gasteiger charge is -2.24. The molecule has 1 amide bonds. The third-order valence-corrected chi connectivity index (χ3v) is 3.10. The lowest BCUT2D eigenvalue weighted by Crippen LogP contribution is -2.40. The van der Waals surface area contributed by atoms with Gasteiger partial charge in [0.15, 0.2) is 0 Å². The summed E-state index contributed by atoms with van der Waals surface area (Å²) in [5, 5.41) is 0. The van der Waals surface area contributed by atoms with E-state index in [1.807, 2.05) is 0 Å². The lowest BCUT2D eigenvalue weighted by molar-refractivity contribution is -0.150. The highest BCUT2D eigenvalue weighted by atomic mass is 16.5. The highest BCUT2D eigenvalue weighted by molar-refractivity contribution is 5.85. The van der Waals surface area contributed by atoms with Crippen molar-refractivity contribution in [2.75, 3.05) is 7.11 Å². The first-order valence-electron chi connectivity index (χ1n) is 4.52. The summed E-state index contributed by atoms with van der Waals surface area (Å²) >= 11 is 0. The zero-order valence-corrected chi connectivity index (χ0v) is 7.82. The van der Waals surface area contributed by atoms with Gasteiger partial charge >= 0.3 is 5.97 Å². The Morgan fingerprint density at radius 3 is 2.46 bits per heavy atom. The Labute approximate surface area is 76.8 Å². The van der Waals surface area contributed by atoms with Crippen molar-refractivity contribution in [3.63, 3.8) is 0 Å². The minimum Gasteiger partial charge on any atom is -0.467 e. The number of fused-ring (bicyclic) bond motifs is 1. The molecule has 2 heterocycles. The van der Waals surface area contributed by atoms with Gasteiger partial charge in [0.1, 0.15) is 6.04 Å². The van der Waals surface area contributed by atoms with Gasteiger partial charge in [0.2, 0.25) is 5.91 Å². The van der Waals surface area contributed by atoms with E-state index in [-0.39, 0.29) is 17.9 Å². The van der Waals surface area contributed by atoms with Gasteiger partial charge in [0.25, 0.3) is 0 Å². The van der Waals surface area contributed by atoms with E-state index in [0.29, 0.717) is 12.0 Å². The molecule has 0 aromatic carbocycles. The summed E-state index contributed by atoms with van der Waals surface area (Å²) in [6.45, 7) is 1.51. The van der Waals surface area contributed by atoms with E-state index in [1.54, 1.807) is 4.90 Å². The highest BCUT2D eigenvalue weighted by Crippen LogP contribution is 2.46. The number of hydrogen-bond acceptors (Lipinski definition) is 3. The monoisotopic (exact) mass is 183 g/mol. The lowest BCUT2D eigenvalue weighted by atomic mass is 9.83. The summed E-state index contributed by atoms with van der Waals surface area (Å²) in [5.41, 5.74) is 0. The summed E-state index contributed by atoms with van der Waals surface area (Å²) in [6, 6.07) is -0.000833. The van der Waals surface area contributed by atoms with E-state index >= 15 is 0 Å². The predicted octanol–water partition coefficient (Wildman–Crippen LogP) is 0.169. The highest BCUT2D eigenvalue weighted by Gasteiger charge is 2.55. The van der Waals surface area contributed by atoms with Crippen molar-refractivity contribution >= 4 is 11.9 Å². The van der Waals surface area contributed by atoms with Gasteiger partial charge in [-0.3, -0.25) is 4.79 Å². The molecule has 1 saturated carbocycles. The average Bonchev–Trinajstić information content (AvgIpc) is 2.54. The van der Waals surface area contributed by atoms with Gasteiger partial charge in [-0.2, -0.15) is 0 Å². The van der Waals surface area contributed by atoms with Crippen LogP contribution in [0, 0.1) is 5.92 Å². The first kappa shape index (κ1) is 8.53. The topological polar surface area (TPSA) is 46.6 Å². The zero-order chi connectivity index (χ0) is 9.59. The Hall–Kier alpha value is -1.06. The number of rotatable bonds is 1. The molecule has 0 aromatic rings. The SMILES string of the molecule is COC(=O)[C@@H]1C2CC(C2)N1C(C)=O. The second kappa shape index (κ2) is 2.72. The first-order chi connectivity index (χ1) is 6.15. The average molecular weight is 183 g/mol. The summed E-state index contributed by atoms with van der Waals surface area (Å²) in [7, 11) is 1.37. The number of esters is 1. The third kappa shape index (κ3) is 1.04. The van der Waals surface area contributed by atoms with Crippen molar-refractivity contribution < 1.29 is 14.3 Å². The first-order valence-corrected chi connectivity index (χ1v) is 4.52. The predicted molar refractivity (Wildman–Crippen MR) is 44.8 cm³/mol. The third-order valence-electron chi connectivity index (χ3n) is 3.10. The van der Waals surface area contributed by atoms with E-state index in [0.717, 1.165) is 12.8 Å². The van der Waals surface area contributed by atoms with Crippen molar-refractivity contribution in [2.24, 2.45) is 5.92 Å². The number of carbonyl (C=O) groups excluding carboxylic acids is 2. The van der Waals surface area contributed by atoms with Crippen LogP contribution in [0.3, 0.4) is 0 Å². The van der Waals surface area contributed by atoms with Crippen LogP contribution in [0.15, 0.2) is 0 Å². The Morgan fingerprint density at radius 2 is 2.00 bits per heavy atom. The molecule has 2 saturated heterocycles. The van der Waals surface area contributed by atoms with Crippen LogP contribution in [0.2, 0.25) is 0 Å². The second-order valence-corrected chi connectivity index (χ2v) is 3.78. The van der Waals surface area contributed by atoms with E-state index in [1.165, 1.54) is 14.0 Å². The van der Waals surface area contributed by atoms with Gasteiger partial charge in [0.05, 0.1) is 7.11 Å². The van der Waals surface area contributed by atoms with E-state index in [9.17, 15) is 9.59 Å². The molecular weight excluding hydrogens is 170 g/mol. The molecule has 13 heavy (non-hydrogen) atoms. The molecule has 0 radical (unpaired) electrons. The maximum Gasteiger partial charge on any atom is 0.328 e. The Bertz CT molecular complexity index is 258. The zero-order valence-electron chi connectivity index (χ0n) is 7.82. The molecule has 3 rings (SSSR count). The van der Waals surface area contributed by atoms with Gasteiger partial charge < -0.3 is 9.64 Å². The molecule has 0 aromatic heterocycles. The number of methoxy groups -OCH3 is 1. The van der Waals surface area contributed by atoms with Crippen LogP contribution in [0.4, 0.5) is 0 Å². The van der Waals surface area contributed by atoms with Crippen molar-refractivity contribution in [3.8, 4) is 0 Å². The van der Waals surface area contributed by atoms with Crippen LogP contribution in [0.25, 0.3) is 0 Å². The molecule has 1 atom stereocenters. The molecule has 1 aliphatic carbocycles. The number of ether oxygens (including phenoxy) is 1. The molecule has 4 heteroatoms. The van der Waals surface area contributed by atoms with Crippen molar-refractivity contribution in [1.29, 1.82) is 0 Å². The van der Waals surface area contributed by atoms with Crippen molar-refractivity contribution in [1.82, 2.24) is 4.90 Å². The largest absolute Gasteiger partial charge is 0.467 e. The number of nitrogens with zero attached hydrogens (tertiary/aromatic N) is 1. The van der Waals surface area contributed by atoms with Crippen molar-refractivity contribution in [2.45, 2.75) is 31.8 Å². The molecule has 3 fully saturated rings. The number of amides is 1. The maximum absolute atomic E-state index is 11.3. The summed E-state index contributed by atoms with van der Waals surface area (Å²) < 4.78 is 4.68. The molecule has 72 valence electrons. The molecule has 0 N–H and O–H groups in total. The summed E-state index contributed by atoms with van der Waals surface area (Å²) in [4.78, 5) is 24.3. The van der Waals surface area contributed by atoms with E-state index in [2.05, 4.69) is 4.74 Å². The maximum atomic E-state index is 11.3. The van der Waals surface area contributed by atoms with Gasteiger partial charge in [-0.1, -0.05) is 0 Å². The molecule has 3 aliphatic rings. The standard InChI is InChI=1S/C9H13NO3/c1-5(11)10-7-3-6(4-7)8(10)9(12)13-2/h6-8H,3-4H2,1-2H3/t6?,7?,8-/m0/s1. The van der Waals surface area contributed by atoms with Gasteiger partial charge in [-0.05, 0) is 18.8 Å². The smallest absolute Gasteiger partial charge is 0.328 e. The van der Waals surface area contributed by atoms with Gasteiger partial charge in [-0.25, -0.2) is 4.79 Å². The number of carbonyl (C=O) groups is 2. The van der Waals surface area contributed by atoms with Crippen LogP contribution >= 0.6 is 0 Å². The molecule has 2 aliphatic heterocycles. The molecule has 0 spiro atoms. The quantitative estimate of drug-likeness (QED) is 0.544. The van der Waals surface area contributed by atoms with E-state index < -0.39 is 0 Å². The fourth-order valence-electron chi connectivity index (χ4n) is 2.45. The van der Waals surface area contributed by atoms with Crippen LogP contribution in [-0.4, -0.2) is 36.0 Å². The minimum atomic E-state index is -0.299. The molecule has 0 unspecified atom stereocenters. The van der Waals surface area contributed by atoms with Crippen LogP contribution in [0.1, 0.15) is 19.8 Å². The number of hydrogen-bond donors (Lipinski definition) is 0. The summed E-state index contributed by atoms with van der Waals surface area (Å²) in [5.74, 6) is 0.0713.